The maximum absolute atomic E-state index is 13.0. The Morgan fingerprint density at radius 1 is 0.795 bits per heavy atom. The third kappa shape index (κ3) is 4.51. The van der Waals surface area contributed by atoms with Gasteiger partial charge in [0.2, 0.25) is 0 Å². The third-order valence-corrected chi connectivity index (χ3v) is 7.34. The summed E-state index contributed by atoms with van der Waals surface area (Å²) in [5, 5.41) is 2.73. The van der Waals surface area contributed by atoms with Crippen molar-refractivity contribution >= 4 is 35.2 Å². The fraction of sp³-hybridized carbons (Fsp3) is 0.233. The number of nitrogens with zero attached hydrogens (tertiary/aromatic N) is 2. The van der Waals surface area contributed by atoms with Gasteiger partial charge < -0.3 is 10.1 Å². The highest BCUT2D eigenvalue weighted by atomic mass is 16.5. The number of anilines is 1. The fourth-order valence-electron chi connectivity index (χ4n) is 5.25. The number of rotatable bonds is 7. The first-order valence-electron chi connectivity index (χ1n) is 12.9. The number of benzene rings is 3. The van der Waals surface area contributed by atoms with Crippen molar-refractivity contribution in [2.75, 3.05) is 25.0 Å². The molecule has 1 atom stereocenters. The van der Waals surface area contributed by atoms with E-state index < -0.39 is 17.7 Å². The molecule has 1 unspecified atom stereocenters. The quantitative estimate of drug-likeness (QED) is 0.474. The van der Waals surface area contributed by atoms with E-state index in [1.54, 1.807) is 6.07 Å². The molecule has 1 N–H and O–H groups in total. The molecule has 39 heavy (non-hydrogen) atoms. The van der Waals surface area contributed by atoms with Crippen LogP contribution < -0.4 is 5.32 Å². The number of ether oxygens (including phenoxy) is 1. The first-order valence-corrected chi connectivity index (χ1v) is 12.9. The minimum atomic E-state index is -0.506. The summed E-state index contributed by atoms with van der Waals surface area (Å²) in [7, 11) is 0. The van der Waals surface area contributed by atoms with Gasteiger partial charge in [-0.15, -0.1) is 0 Å². The third-order valence-electron chi connectivity index (χ3n) is 7.34. The van der Waals surface area contributed by atoms with Gasteiger partial charge in [0, 0.05) is 24.4 Å². The SMILES string of the molecule is O=C(Nc1ccc2c(c1)C(=O)N(CC1CCCO1)C2=O)c1ccc2c(c1)C(=O)N(CCc1ccccc1)C2=O. The van der Waals surface area contributed by atoms with E-state index in [-0.39, 0.29) is 58.8 Å². The zero-order valence-electron chi connectivity index (χ0n) is 21.0. The van der Waals surface area contributed by atoms with Crippen LogP contribution in [-0.4, -0.2) is 65.1 Å². The van der Waals surface area contributed by atoms with Crippen molar-refractivity contribution in [2.45, 2.75) is 25.4 Å². The Hall–Kier alpha value is -4.63. The van der Waals surface area contributed by atoms with Gasteiger partial charge in [-0.2, -0.15) is 0 Å². The van der Waals surface area contributed by atoms with Gasteiger partial charge in [-0.3, -0.25) is 33.8 Å². The van der Waals surface area contributed by atoms with E-state index in [0.717, 1.165) is 18.4 Å². The van der Waals surface area contributed by atoms with Gasteiger partial charge in [-0.1, -0.05) is 30.3 Å². The van der Waals surface area contributed by atoms with Crippen molar-refractivity contribution in [3.05, 3.63) is 100 Å². The molecule has 0 bridgehead atoms. The van der Waals surface area contributed by atoms with Crippen molar-refractivity contribution in [3.8, 4) is 0 Å². The largest absolute Gasteiger partial charge is 0.376 e. The highest BCUT2D eigenvalue weighted by molar-refractivity contribution is 6.23. The molecule has 0 aliphatic carbocycles. The highest BCUT2D eigenvalue weighted by Gasteiger charge is 2.38. The molecule has 0 spiro atoms. The van der Waals surface area contributed by atoms with Crippen molar-refractivity contribution in [1.82, 2.24) is 9.80 Å². The Bertz CT molecular complexity index is 1530. The van der Waals surface area contributed by atoms with Crippen molar-refractivity contribution in [2.24, 2.45) is 0 Å². The van der Waals surface area contributed by atoms with Gasteiger partial charge in [0.05, 0.1) is 34.9 Å². The minimum Gasteiger partial charge on any atom is -0.376 e. The van der Waals surface area contributed by atoms with Crippen LogP contribution in [0.2, 0.25) is 0 Å². The van der Waals surface area contributed by atoms with E-state index in [1.807, 2.05) is 30.3 Å². The van der Waals surface area contributed by atoms with Crippen LogP contribution in [0.25, 0.3) is 0 Å². The monoisotopic (exact) mass is 523 g/mol. The number of fused-ring (bicyclic) bond motifs is 2. The number of carbonyl (C=O) groups excluding carboxylic acids is 5. The second-order valence-electron chi connectivity index (χ2n) is 9.83. The maximum Gasteiger partial charge on any atom is 0.261 e. The molecule has 6 rings (SSSR count). The van der Waals surface area contributed by atoms with Gasteiger partial charge in [0.25, 0.3) is 29.5 Å². The topological polar surface area (TPSA) is 113 Å². The van der Waals surface area contributed by atoms with Crippen molar-refractivity contribution < 1.29 is 28.7 Å². The van der Waals surface area contributed by atoms with Crippen LogP contribution in [0.3, 0.4) is 0 Å². The molecule has 0 saturated carbocycles. The molecule has 1 fully saturated rings. The van der Waals surface area contributed by atoms with Gasteiger partial charge in [-0.05, 0) is 61.2 Å². The van der Waals surface area contributed by atoms with Gasteiger partial charge in [-0.25, -0.2) is 0 Å². The molecule has 3 aromatic rings. The van der Waals surface area contributed by atoms with E-state index in [0.29, 0.717) is 18.7 Å². The first kappa shape index (κ1) is 24.7. The average molecular weight is 524 g/mol. The van der Waals surface area contributed by atoms with Gasteiger partial charge in [0.15, 0.2) is 0 Å². The molecule has 1 saturated heterocycles. The summed E-state index contributed by atoms with van der Waals surface area (Å²) in [5.74, 6) is -2.12. The lowest BCUT2D eigenvalue weighted by Gasteiger charge is -2.17. The van der Waals surface area contributed by atoms with E-state index in [2.05, 4.69) is 5.32 Å². The molecule has 3 aliphatic heterocycles. The summed E-state index contributed by atoms with van der Waals surface area (Å²) in [4.78, 5) is 67.0. The van der Waals surface area contributed by atoms with E-state index in [4.69, 9.17) is 4.74 Å². The second kappa shape index (κ2) is 9.92. The van der Waals surface area contributed by atoms with E-state index in [1.165, 1.54) is 40.1 Å². The number of carbonyl (C=O) groups is 5. The maximum atomic E-state index is 13.0. The van der Waals surface area contributed by atoms with Crippen LogP contribution in [0.4, 0.5) is 5.69 Å². The Labute approximate surface area is 224 Å². The molecule has 196 valence electrons. The zero-order chi connectivity index (χ0) is 27.1. The molecule has 9 heteroatoms. The molecular weight excluding hydrogens is 498 g/mol. The first-order chi connectivity index (χ1) is 18.9. The highest BCUT2D eigenvalue weighted by Crippen LogP contribution is 2.29. The Morgan fingerprint density at radius 3 is 2.21 bits per heavy atom. The predicted octanol–water partition coefficient (Wildman–Crippen LogP) is 3.55. The molecular formula is C30H25N3O6. The predicted molar refractivity (Wildman–Crippen MR) is 141 cm³/mol. The number of nitrogens with one attached hydrogen (secondary N) is 1. The lowest BCUT2D eigenvalue weighted by molar-refractivity contribution is 0.0474. The molecule has 3 heterocycles. The smallest absolute Gasteiger partial charge is 0.261 e. The number of hydrogen-bond acceptors (Lipinski definition) is 6. The summed E-state index contributed by atoms with van der Waals surface area (Å²) >= 11 is 0. The van der Waals surface area contributed by atoms with Crippen LogP contribution in [-0.2, 0) is 11.2 Å². The van der Waals surface area contributed by atoms with Crippen LogP contribution >= 0.6 is 0 Å². The normalized spacial score (nSPS) is 18.1. The summed E-state index contributed by atoms with van der Waals surface area (Å²) in [5.41, 5.74) is 2.50. The summed E-state index contributed by atoms with van der Waals surface area (Å²) < 4.78 is 5.57. The standard InChI is InChI=1S/C30H25N3O6/c34-26(31-20-9-11-23-25(16-20)30(38)33(28(23)36)17-21-7-4-14-39-21)19-8-10-22-24(15-19)29(37)32(27(22)35)13-12-18-5-2-1-3-6-18/h1-3,5-6,8-11,15-16,21H,4,7,12-14,17H2,(H,31,34). The summed E-state index contributed by atoms with van der Waals surface area (Å²) in [6.45, 7) is 1.07. The Morgan fingerprint density at radius 2 is 1.46 bits per heavy atom. The Kier molecular flexibility index (Phi) is 6.28. The van der Waals surface area contributed by atoms with Gasteiger partial charge in [0.1, 0.15) is 0 Å². The van der Waals surface area contributed by atoms with Crippen LogP contribution in [0.15, 0.2) is 66.7 Å². The lowest BCUT2D eigenvalue weighted by atomic mass is 10.0. The number of amides is 5. The second-order valence-corrected chi connectivity index (χ2v) is 9.83. The van der Waals surface area contributed by atoms with Crippen molar-refractivity contribution in [3.63, 3.8) is 0 Å². The molecule has 9 nitrogen and oxygen atoms in total. The molecule has 0 aromatic heterocycles. The lowest BCUT2D eigenvalue weighted by Crippen LogP contribution is -2.36. The Balaban J connectivity index is 1.15. The van der Waals surface area contributed by atoms with Crippen molar-refractivity contribution in [1.29, 1.82) is 0 Å². The minimum absolute atomic E-state index is 0.157. The van der Waals surface area contributed by atoms with Crippen LogP contribution in [0.5, 0.6) is 0 Å². The zero-order valence-corrected chi connectivity index (χ0v) is 21.0. The van der Waals surface area contributed by atoms with E-state index in [9.17, 15) is 24.0 Å². The molecule has 0 radical (unpaired) electrons. The summed E-state index contributed by atoms with van der Waals surface area (Å²) in [6, 6.07) is 18.5. The molecule has 3 aromatic carbocycles. The summed E-state index contributed by atoms with van der Waals surface area (Å²) in [6.07, 6.45) is 2.08. The van der Waals surface area contributed by atoms with Crippen LogP contribution in [0, 0.1) is 0 Å². The average Bonchev–Trinajstić information content (AvgIpc) is 3.62. The van der Waals surface area contributed by atoms with Crippen LogP contribution in [0.1, 0.15) is 70.2 Å². The number of hydrogen-bond donors (Lipinski definition) is 1. The molecule has 5 amide bonds. The molecule has 3 aliphatic rings. The van der Waals surface area contributed by atoms with Gasteiger partial charge >= 0.3 is 0 Å². The van der Waals surface area contributed by atoms with E-state index >= 15 is 0 Å². The number of imide groups is 2. The fourth-order valence-corrected chi connectivity index (χ4v) is 5.25.